The fourth-order valence-electron chi connectivity index (χ4n) is 1.03. The fraction of sp³-hybridized carbons (Fsp3) is 0. The molecule has 0 aliphatic heterocycles. The maximum absolute atomic E-state index is 10.5. The van der Waals surface area contributed by atoms with Gasteiger partial charge in [-0.2, -0.15) is 8.42 Å². The molecule has 0 bridgehead atoms. The highest BCUT2D eigenvalue weighted by Crippen LogP contribution is 2.43. The molecule has 1 aromatic carbocycles. The van der Waals surface area contributed by atoms with Crippen molar-refractivity contribution in [2.75, 3.05) is 0 Å². The third-order valence-electron chi connectivity index (χ3n) is 1.67. The molecule has 0 heterocycles. The van der Waals surface area contributed by atoms with E-state index in [1.165, 1.54) is 0 Å². The molecule has 11 nitrogen and oxygen atoms in total. The van der Waals surface area contributed by atoms with Crippen molar-refractivity contribution >= 4 is 21.8 Å². The molecule has 0 fully saturated rings. The van der Waals surface area contributed by atoms with Crippen LogP contribution in [0.25, 0.3) is 0 Å². The zero-order valence-electron chi connectivity index (χ0n) is 8.21. The molecule has 0 amide bonds. The first-order chi connectivity index (χ1) is 8.13. The number of phenols is 1. The van der Waals surface area contributed by atoms with E-state index in [0.29, 0.717) is 12.1 Å². The number of nitrogens with zero attached hydrogens (tertiary/aromatic N) is 2. The molecule has 0 aliphatic rings. The minimum Gasteiger partial charge on any atom is -0.499 e. The second-order valence-corrected chi connectivity index (χ2v) is 3.83. The number of hydrogen-bond donors (Lipinski definition) is 2. The van der Waals surface area contributed by atoms with E-state index in [4.69, 9.17) is 4.55 Å². The molecule has 0 aliphatic carbocycles. The van der Waals surface area contributed by atoms with Gasteiger partial charge in [0.05, 0.1) is 9.85 Å². The van der Waals surface area contributed by atoms with E-state index in [2.05, 4.69) is 4.18 Å². The van der Waals surface area contributed by atoms with Crippen molar-refractivity contribution in [2.24, 2.45) is 0 Å². The lowest BCUT2D eigenvalue weighted by Gasteiger charge is -2.04. The predicted molar refractivity (Wildman–Crippen MR) is 53.6 cm³/mol. The molecule has 0 spiro atoms. The van der Waals surface area contributed by atoms with E-state index in [1.807, 2.05) is 0 Å². The monoisotopic (exact) mass is 280 g/mol. The van der Waals surface area contributed by atoms with Gasteiger partial charge in [-0.25, -0.2) is 0 Å². The van der Waals surface area contributed by atoms with Crippen LogP contribution in [-0.2, 0) is 10.4 Å². The number of phenolic OH excluding ortho intramolecular Hbond substituents is 1. The highest BCUT2D eigenvalue weighted by Gasteiger charge is 2.30. The number of hydrogen-bond acceptors (Lipinski definition) is 8. The quantitative estimate of drug-likeness (QED) is 0.449. The molecule has 12 heteroatoms. The zero-order chi connectivity index (χ0) is 14.1. The Morgan fingerprint density at radius 3 is 1.94 bits per heavy atom. The summed E-state index contributed by atoms with van der Waals surface area (Å²) in [6, 6.07) is 1.14. The van der Waals surface area contributed by atoms with Gasteiger partial charge in [0.2, 0.25) is 5.75 Å². The van der Waals surface area contributed by atoms with E-state index in [9.17, 15) is 33.8 Å². The third kappa shape index (κ3) is 2.80. The first-order valence-corrected chi connectivity index (χ1v) is 5.31. The normalized spacial score (nSPS) is 10.9. The van der Waals surface area contributed by atoms with Crippen LogP contribution in [0.15, 0.2) is 12.1 Å². The highest BCUT2D eigenvalue weighted by molar-refractivity contribution is 7.81. The lowest BCUT2D eigenvalue weighted by Crippen LogP contribution is -2.09. The minimum atomic E-state index is -5.19. The van der Waals surface area contributed by atoms with Gasteiger partial charge in [0.25, 0.3) is 5.75 Å². The van der Waals surface area contributed by atoms with Gasteiger partial charge in [-0.1, -0.05) is 0 Å². The zero-order valence-corrected chi connectivity index (χ0v) is 9.03. The Labute approximate surface area is 98.5 Å². The Balaban J connectivity index is 3.55. The van der Waals surface area contributed by atoms with Crippen LogP contribution in [-0.4, -0.2) is 27.9 Å². The van der Waals surface area contributed by atoms with Gasteiger partial charge >= 0.3 is 21.8 Å². The van der Waals surface area contributed by atoms with Crippen LogP contribution in [0, 0.1) is 20.2 Å². The molecular formula is C6H4N2O9S. The Hall–Kier alpha value is -2.47. The summed E-state index contributed by atoms with van der Waals surface area (Å²) in [5.41, 5.74) is -2.07. The largest absolute Gasteiger partial charge is 0.499 e. The smallest absolute Gasteiger partial charge is 0.446 e. The Bertz CT molecular complexity index is 622. The van der Waals surface area contributed by atoms with Crippen LogP contribution >= 0.6 is 0 Å². The molecule has 18 heavy (non-hydrogen) atoms. The number of benzene rings is 1. The van der Waals surface area contributed by atoms with Crippen molar-refractivity contribution in [3.63, 3.8) is 0 Å². The Morgan fingerprint density at radius 1 is 1.11 bits per heavy atom. The molecule has 2 N–H and O–H groups in total. The van der Waals surface area contributed by atoms with Crippen LogP contribution < -0.4 is 4.18 Å². The molecular weight excluding hydrogens is 276 g/mol. The molecule has 1 rings (SSSR count). The minimum absolute atomic E-state index is 0.554. The van der Waals surface area contributed by atoms with Gasteiger partial charge < -0.3 is 9.29 Å². The van der Waals surface area contributed by atoms with E-state index in [0.717, 1.165) is 0 Å². The maximum Gasteiger partial charge on any atom is 0.446 e. The van der Waals surface area contributed by atoms with Gasteiger partial charge in [-0.3, -0.25) is 24.8 Å². The van der Waals surface area contributed by atoms with Crippen molar-refractivity contribution in [2.45, 2.75) is 0 Å². The maximum atomic E-state index is 10.5. The number of aromatic hydroxyl groups is 1. The number of nitro groups is 2. The Kier molecular flexibility index (Phi) is 3.34. The van der Waals surface area contributed by atoms with Crippen molar-refractivity contribution < 1.29 is 32.1 Å². The average Bonchev–Trinajstić information content (AvgIpc) is 2.17. The SMILES string of the molecule is O=[N+]([O-])c1ccc([N+](=O)[O-])c(OS(=O)(=O)O)c1O. The van der Waals surface area contributed by atoms with E-state index < -0.39 is 43.1 Å². The van der Waals surface area contributed by atoms with Crippen molar-refractivity contribution in [3.05, 3.63) is 32.4 Å². The van der Waals surface area contributed by atoms with Gasteiger partial charge in [-0.15, -0.1) is 0 Å². The lowest BCUT2D eigenvalue weighted by molar-refractivity contribution is -0.390. The summed E-state index contributed by atoms with van der Waals surface area (Å²) in [7, 11) is -5.19. The second-order valence-electron chi connectivity index (χ2n) is 2.81. The molecule has 1 aromatic rings. The summed E-state index contributed by atoms with van der Waals surface area (Å²) in [6.45, 7) is 0. The summed E-state index contributed by atoms with van der Waals surface area (Å²) in [5, 5.41) is 30.2. The lowest BCUT2D eigenvalue weighted by atomic mass is 10.2. The highest BCUT2D eigenvalue weighted by atomic mass is 32.3. The van der Waals surface area contributed by atoms with E-state index >= 15 is 0 Å². The number of rotatable bonds is 4. The third-order valence-corrected chi connectivity index (χ3v) is 2.05. The second kappa shape index (κ2) is 4.42. The molecule has 0 saturated carbocycles. The van der Waals surface area contributed by atoms with E-state index in [-0.39, 0.29) is 0 Å². The summed E-state index contributed by atoms with van der Waals surface area (Å²) in [4.78, 5) is 18.7. The molecule has 0 unspecified atom stereocenters. The summed E-state index contributed by atoms with van der Waals surface area (Å²) in [6.07, 6.45) is 0. The number of nitro benzene ring substituents is 2. The van der Waals surface area contributed by atoms with Gasteiger partial charge in [0.1, 0.15) is 0 Å². The first kappa shape index (κ1) is 13.6. The van der Waals surface area contributed by atoms with E-state index in [1.54, 1.807) is 0 Å². The Morgan fingerprint density at radius 2 is 1.56 bits per heavy atom. The average molecular weight is 280 g/mol. The standard InChI is InChI=1S/C6H4N2O9S/c9-5-3(7(10)11)1-2-4(8(12)13)6(5)17-18(14,15)16/h1-2,9H,(H,14,15,16). The summed E-state index contributed by atoms with van der Waals surface area (Å²) >= 11 is 0. The van der Waals surface area contributed by atoms with Crippen LogP contribution in [0.1, 0.15) is 0 Å². The predicted octanol–water partition coefficient (Wildman–Crippen LogP) is 0.390. The van der Waals surface area contributed by atoms with Crippen molar-refractivity contribution in [1.82, 2.24) is 0 Å². The fourth-order valence-corrected chi connectivity index (χ4v) is 1.40. The van der Waals surface area contributed by atoms with Crippen LogP contribution in [0.2, 0.25) is 0 Å². The summed E-state index contributed by atoms with van der Waals surface area (Å²) in [5.74, 6) is -2.72. The van der Waals surface area contributed by atoms with Crippen molar-refractivity contribution in [3.8, 4) is 11.5 Å². The van der Waals surface area contributed by atoms with Gasteiger partial charge in [0.15, 0.2) is 0 Å². The van der Waals surface area contributed by atoms with Crippen molar-refractivity contribution in [1.29, 1.82) is 0 Å². The van der Waals surface area contributed by atoms with Crippen LogP contribution in [0.5, 0.6) is 11.5 Å². The molecule has 0 aromatic heterocycles. The summed E-state index contributed by atoms with van der Waals surface area (Å²) < 4.78 is 33.0. The van der Waals surface area contributed by atoms with Crippen LogP contribution in [0.4, 0.5) is 11.4 Å². The topological polar surface area (TPSA) is 170 Å². The van der Waals surface area contributed by atoms with Crippen LogP contribution in [0.3, 0.4) is 0 Å². The molecule has 0 radical (unpaired) electrons. The first-order valence-electron chi connectivity index (χ1n) is 3.95. The molecule has 0 atom stereocenters. The molecule has 98 valence electrons. The molecule has 0 saturated heterocycles. The van der Waals surface area contributed by atoms with Gasteiger partial charge in [0, 0.05) is 12.1 Å². The van der Waals surface area contributed by atoms with Gasteiger partial charge in [-0.05, 0) is 0 Å².